The standard InChI is InChI=1S/C10H13NO3S/c1-8-4-3-5-11-10(8)6-9(12)7-15(2,13)14/h3-5H,6-7H2,1-2H3. The molecule has 0 bridgehead atoms. The van der Waals surface area contributed by atoms with E-state index < -0.39 is 15.6 Å². The Balaban J connectivity index is 2.72. The number of sulfone groups is 1. The van der Waals surface area contributed by atoms with Gasteiger partial charge in [-0.15, -0.1) is 0 Å². The molecule has 1 heterocycles. The van der Waals surface area contributed by atoms with Crippen molar-refractivity contribution in [2.45, 2.75) is 13.3 Å². The van der Waals surface area contributed by atoms with Crippen molar-refractivity contribution in [3.05, 3.63) is 29.6 Å². The lowest BCUT2D eigenvalue weighted by molar-refractivity contribution is -0.116. The molecule has 0 aromatic carbocycles. The average molecular weight is 227 g/mol. The van der Waals surface area contributed by atoms with Crippen molar-refractivity contribution in [2.24, 2.45) is 0 Å². The molecule has 0 radical (unpaired) electrons. The molecule has 1 aromatic rings. The summed E-state index contributed by atoms with van der Waals surface area (Å²) in [5.74, 6) is -0.734. The second-order valence-electron chi connectivity index (χ2n) is 3.55. The minimum Gasteiger partial charge on any atom is -0.298 e. The molecule has 15 heavy (non-hydrogen) atoms. The maximum atomic E-state index is 11.4. The van der Waals surface area contributed by atoms with E-state index in [4.69, 9.17) is 0 Å². The number of rotatable bonds is 4. The zero-order valence-corrected chi connectivity index (χ0v) is 9.54. The second-order valence-corrected chi connectivity index (χ2v) is 5.69. The summed E-state index contributed by atoms with van der Waals surface area (Å²) in [6, 6.07) is 3.62. The third-order valence-electron chi connectivity index (χ3n) is 1.91. The molecule has 0 aliphatic rings. The van der Waals surface area contributed by atoms with Gasteiger partial charge in [0.2, 0.25) is 0 Å². The predicted molar refractivity (Wildman–Crippen MR) is 57.4 cm³/mol. The predicted octanol–water partition coefficient (Wildman–Crippen LogP) is 0.546. The van der Waals surface area contributed by atoms with Gasteiger partial charge >= 0.3 is 0 Å². The highest BCUT2D eigenvalue weighted by Gasteiger charge is 2.12. The van der Waals surface area contributed by atoms with Gasteiger partial charge in [0.15, 0.2) is 15.6 Å². The van der Waals surface area contributed by atoms with Gasteiger partial charge in [0.25, 0.3) is 0 Å². The van der Waals surface area contributed by atoms with Crippen LogP contribution in [0.3, 0.4) is 0 Å². The zero-order valence-electron chi connectivity index (χ0n) is 8.73. The van der Waals surface area contributed by atoms with Gasteiger partial charge in [0, 0.05) is 12.5 Å². The summed E-state index contributed by atoms with van der Waals surface area (Å²) in [6.45, 7) is 1.84. The van der Waals surface area contributed by atoms with E-state index >= 15 is 0 Å². The number of nitrogens with zero attached hydrogens (tertiary/aromatic N) is 1. The van der Waals surface area contributed by atoms with Crippen molar-refractivity contribution in [1.29, 1.82) is 0 Å². The summed E-state index contributed by atoms with van der Waals surface area (Å²) in [6.07, 6.45) is 2.73. The quantitative estimate of drug-likeness (QED) is 0.753. The molecule has 0 unspecified atom stereocenters. The van der Waals surface area contributed by atoms with Crippen molar-refractivity contribution in [1.82, 2.24) is 4.98 Å². The molecule has 1 aromatic heterocycles. The largest absolute Gasteiger partial charge is 0.298 e. The van der Waals surface area contributed by atoms with E-state index in [1.807, 2.05) is 13.0 Å². The van der Waals surface area contributed by atoms with Crippen molar-refractivity contribution in [3.63, 3.8) is 0 Å². The Morgan fingerprint density at radius 3 is 2.67 bits per heavy atom. The highest BCUT2D eigenvalue weighted by atomic mass is 32.2. The maximum Gasteiger partial charge on any atom is 0.154 e. The molecule has 0 aliphatic carbocycles. The summed E-state index contributed by atoms with van der Waals surface area (Å²) in [5, 5.41) is 0. The normalized spacial score (nSPS) is 11.3. The van der Waals surface area contributed by atoms with E-state index in [9.17, 15) is 13.2 Å². The van der Waals surface area contributed by atoms with Gasteiger partial charge in [-0.1, -0.05) is 6.07 Å². The first-order valence-corrected chi connectivity index (χ1v) is 6.54. The van der Waals surface area contributed by atoms with E-state index in [1.165, 1.54) is 0 Å². The van der Waals surface area contributed by atoms with Crippen molar-refractivity contribution < 1.29 is 13.2 Å². The lowest BCUT2D eigenvalue weighted by Gasteiger charge is -2.02. The maximum absolute atomic E-state index is 11.4. The second kappa shape index (κ2) is 4.53. The fraction of sp³-hybridized carbons (Fsp3) is 0.400. The van der Waals surface area contributed by atoms with Gasteiger partial charge < -0.3 is 0 Å². The number of pyridine rings is 1. The first-order valence-electron chi connectivity index (χ1n) is 4.48. The van der Waals surface area contributed by atoms with Crippen LogP contribution < -0.4 is 0 Å². The first-order chi connectivity index (χ1) is 6.88. The number of hydrogen-bond donors (Lipinski definition) is 0. The molecule has 0 spiro atoms. The van der Waals surface area contributed by atoms with Crippen LogP contribution in [0.1, 0.15) is 11.3 Å². The summed E-state index contributed by atoms with van der Waals surface area (Å²) in [4.78, 5) is 15.4. The fourth-order valence-corrected chi connectivity index (χ4v) is 1.92. The Hall–Kier alpha value is -1.23. The number of aromatic nitrogens is 1. The van der Waals surface area contributed by atoms with E-state index in [-0.39, 0.29) is 12.2 Å². The average Bonchev–Trinajstić information content (AvgIpc) is 2.05. The van der Waals surface area contributed by atoms with Crippen LogP contribution in [0.5, 0.6) is 0 Å². The minimum atomic E-state index is -3.23. The smallest absolute Gasteiger partial charge is 0.154 e. The van der Waals surface area contributed by atoms with Crippen LogP contribution in [0.2, 0.25) is 0 Å². The zero-order chi connectivity index (χ0) is 11.5. The molecule has 4 nitrogen and oxygen atoms in total. The lowest BCUT2D eigenvalue weighted by Crippen LogP contribution is -2.17. The molecule has 0 atom stereocenters. The molecule has 0 N–H and O–H groups in total. The minimum absolute atomic E-state index is 0.0831. The molecule has 5 heteroatoms. The number of ketones is 1. The Bertz CT molecular complexity index is 465. The highest BCUT2D eigenvalue weighted by molar-refractivity contribution is 7.91. The summed E-state index contributed by atoms with van der Waals surface area (Å²) >= 11 is 0. The van der Waals surface area contributed by atoms with Crippen LogP contribution >= 0.6 is 0 Å². The van der Waals surface area contributed by atoms with Crippen molar-refractivity contribution >= 4 is 15.6 Å². The van der Waals surface area contributed by atoms with Gasteiger partial charge in [-0.2, -0.15) is 0 Å². The lowest BCUT2D eigenvalue weighted by atomic mass is 10.1. The van der Waals surface area contributed by atoms with Crippen LogP contribution in [0, 0.1) is 6.92 Å². The van der Waals surface area contributed by atoms with Gasteiger partial charge in [-0.25, -0.2) is 8.42 Å². The number of hydrogen-bond acceptors (Lipinski definition) is 4. The molecule has 0 saturated heterocycles. The van der Waals surface area contributed by atoms with E-state index in [2.05, 4.69) is 4.98 Å². The molecule has 1 rings (SSSR count). The highest BCUT2D eigenvalue weighted by Crippen LogP contribution is 2.04. The Morgan fingerprint density at radius 2 is 2.13 bits per heavy atom. The van der Waals surface area contributed by atoms with Gasteiger partial charge in [-0.3, -0.25) is 9.78 Å². The van der Waals surface area contributed by atoms with Crippen LogP contribution in [-0.4, -0.2) is 31.2 Å². The summed E-state index contributed by atoms with van der Waals surface area (Å²) < 4.78 is 21.8. The SMILES string of the molecule is Cc1cccnc1CC(=O)CS(C)(=O)=O. The molecule has 0 fully saturated rings. The fourth-order valence-electron chi connectivity index (χ4n) is 1.23. The molecule has 0 aliphatic heterocycles. The number of aryl methyl sites for hydroxylation is 1. The van der Waals surface area contributed by atoms with E-state index in [0.717, 1.165) is 11.8 Å². The summed E-state index contributed by atoms with van der Waals surface area (Å²) in [7, 11) is -3.23. The van der Waals surface area contributed by atoms with Crippen LogP contribution in [0.4, 0.5) is 0 Å². The molecular formula is C10H13NO3S. The van der Waals surface area contributed by atoms with Crippen LogP contribution in [-0.2, 0) is 21.1 Å². The number of carbonyl (C=O) groups excluding carboxylic acids is 1. The van der Waals surface area contributed by atoms with Crippen LogP contribution in [0.15, 0.2) is 18.3 Å². The van der Waals surface area contributed by atoms with E-state index in [0.29, 0.717) is 5.69 Å². The Kier molecular flexibility index (Phi) is 3.57. The molecule has 0 amide bonds. The van der Waals surface area contributed by atoms with Gasteiger partial charge in [0.05, 0.1) is 12.1 Å². The van der Waals surface area contributed by atoms with Crippen LogP contribution in [0.25, 0.3) is 0 Å². The first kappa shape index (κ1) is 11.8. The topological polar surface area (TPSA) is 64.1 Å². The van der Waals surface area contributed by atoms with Gasteiger partial charge in [-0.05, 0) is 18.6 Å². The van der Waals surface area contributed by atoms with Gasteiger partial charge in [0.1, 0.15) is 5.75 Å². The van der Waals surface area contributed by atoms with Crippen molar-refractivity contribution in [3.8, 4) is 0 Å². The Morgan fingerprint density at radius 1 is 1.47 bits per heavy atom. The summed E-state index contributed by atoms with van der Waals surface area (Å²) in [5.41, 5.74) is 1.55. The third-order valence-corrected chi connectivity index (χ3v) is 2.75. The number of Topliss-reactive ketones (excluding diaryl/α,β-unsaturated/α-hetero) is 1. The number of carbonyl (C=O) groups is 1. The molecule has 82 valence electrons. The van der Waals surface area contributed by atoms with E-state index in [1.54, 1.807) is 12.3 Å². The monoisotopic (exact) mass is 227 g/mol. The molecular weight excluding hydrogens is 214 g/mol. The van der Waals surface area contributed by atoms with Crippen molar-refractivity contribution in [2.75, 3.05) is 12.0 Å². The molecule has 0 saturated carbocycles. The third kappa shape index (κ3) is 4.20. The Labute approximate surface area is 89.3 Å².